The molecule has 1 N–H and O–H groups in total. The van der Waals surface area contributed by atoms with Crippen LogP contribution in [0.15, 0.2) is 24.3 Å². The maximum absolute atomic E-state index is 12.6. The maximum atomic E-state index is 12.6. The third kappa shape index (κ3) is 6.47. The van der Waals surface area contributed by atoms with Gasteiger partial charge in [0.2, 0.25) is 0 Å². The van der Waals surface area contributed by atoms with Gasteiger partial charge in [-0.15, -0.1) is 0 Å². The Labute approximate surface area is 190 Å². The Bertz CT molecular complexity index is 799. The number of likely N-dealkylation sites (tertiary alicyclic amines) is 1. The van der Waals surface area contributed by atoms with Crippen LogP contribution in [-0.4, -0.2) is 54.7 Å². The Morgan fingerprint density at radius 2 is 1.53 bits per heavy atom. The molecule has 1 aromatic rings. The van der Waals surface area contributed by atoms with Crippen molar-refractivity contribution >= 4 is 18.0 Å². The maximum Gasteiger partial charge on any atom is 0.410 e. The number of ether oxygens (including phenoxy) is 2. The predicted octanol–water partition coefficient (Wildman–Crippen LogP) is 4.26. The van der Waals surface area contributed by atoms with E-state index in [4.69, 9.17) is 9.47 Å². The highest BCUT2D eigenvalue weighted by Crippen LogP contribution is 2.29. The Morgan fingerprint density at radius 1 is 0.938 bits per heavy atom. The van der Waals surface area contributed by atoms with Crippen LogP contribution in [0.2, 0.25) is 0 Å². The normalized spacial score (nSPS) is 22.2. The molecule has 1 saturated heterocycles. The first kappa shape index (κ1) is 24.1. The summed E-state index contributed by atoms with van der Waals surface area (Å²) < 4.78 is 10.3. The van der Waals surface area contributed by atoms with Crippen LogP contribution in [0.3, 0.4) is 0 Å². The Kier molecular flexibility index (Phi) is 7.80. The predicted molar refractivity (Wildman–Crippen MR) is 121 cm³/mol. The van der Waals surface area contributed by atoms with Crippen molar-refractivity contribution in [3.8, 4) is 0 Å². The lowest BCUT2D eigenvalue weighted by atomic mass is 9.86. The van der Waals surface area contributed by atoms with Crippen molar-refractivity contribution in [3.05, 3.63) is 35.4 Å². The number of hydrogen-bond acceptors (Lipinski definition) is 5. The van der Waals surface area contributed by atoms with Gasteiger partial charge in [0, 0.05) is 24.7 Å². The number of esters is 1. The minimum atomic E-state index is -0.481. The third-order valence-corrected chi connectivity index (χ3v) is 6.39. The fourth-order valence-corrected chi connectivity index (χ4v) is 4.54. The minimum Gasteiger partial charge on any atom is -0.469 e. The average molecular weight is 445 g/mol. The number of carbonyl (C=O) groups is 3. The first-order chi connectivity index (χ1) is 15.2. The number of methoxy groups -OCH3 is 1. The van der Waals surface area contributed by atoms with Gasteiger partial charge < -0.3 is 19.7 Å². The molecule has 0 radical (unpaired) electrons. The minimum absolute atomic E-state index is 0.0471. The molecule has 3 rings (SSSR count). The highest BCUT2D eigenvalue weighted by Gasteiger charge is 2.29. The van der Waals surface area contributed by atoms with Crippen molar-refractivity contribution < 1.29 is 23.9 Å². The van der Waals surface area contributed by atoms with E-state index < -0.39 is 5.60 Å². The first-order valence-electron chi connectivity index (χ1n) is 11.6. The molecule has 176 valence electrons. The van der Waals surface area contributed by atoms with E-state index in [9.17, 15) is 14.4 Å². The molecule has 0 aromatic heterocycles. The molecule has 7 heteroatoms. The van der Waals surface area contributed by atoms with Crippen molar-refractivity contribution in [2.75, 3.05) is 20.2 Å². The quantitative estimate of drug-likeness (QED) is 0.702. The molecule has 2 aliphatic rings. The van der Waals surface area contributed by atoms with Crippen molar-refractivity contribution in [3.63, 3.8) is 0 Å². The highest BCUT2D eigenvalue weighted by atomic mass is 16.6. The number of amides is 2. The van der Waals surface area contributed by atoms with E-state index >= 15 is 0 Å². The molecule has 0 unspecified atom stereocenters. The van der Waals surface area contributed by atoms with E-state index in [1.54, 1.807) is 4.90 Å². The van der Waals surface area contributed by atoms with Crippen molar-refractivity contribution in [2.24, 2.45) is 5.92 Å². The van der Waals surface area contributed by atoms with Crippen LogP contribution in [0.4, 0.5) is 4.79 Å². The number of benzene rings is 1. The zero-order valence-corrected chi connectivity index (χ0v) is 19.7. The molecule has 0 spiro atoms. The zero-order valence-electron chi connectivity index (χ0n) is 19.7. The van der Waals surface area contributed by atoms with E-state index in [-0.39, 0.29) is 29.9 Å². The second-order valence-electron chi connectivity index (χ2n) is 9.91. The monoisotopic (exact) mass is 444 g/mol. The summed E-state index contributed by atoms with van der Waals surface area (Å²) in [6, 6.07) is 7.91. The summed E-state index contributed by atoms with van der Waals surface area (Å²) in [7, 11) is 1.42. The van der Waals surface area contributed by atoms with Gasteiger partial charge in [0.1, 0.15) is 5.60 Å². The fourth-order valence-electron chi connectivity index (χ4n) is 4.54. The summed E-state index contributed by atoms with van der Waals surface area (Å²) in [5, 5.41) is 3.10. The second-order valence-corrected chi connectivity index (χ2v) is 9.91. The molecular formula is C25H36N2O5. The van der Waals surface area contributed by atoms with Crippen molar-refractivity contribution in [1.29, 1.82) is 0 Å². The molecular weight excluding hydrogens is 408 g/mol. The van der Waals surface area contributed by atoms with Crippen LogP contribution < -0.4 is 5.32 Å². The van der Waals surface area contributed by atoms with E-state index in [0.717, 1.165) is 38.5 Å². The summed E-state index contributed by atoms with van der Waals surface area (Å²) in [6.45, 7) is 6.99. The molecule has 1 heterocycles. The van der Waals surface area contributed by atoms with E-state index in [0.29, 0.717) is 24.6 Å². The topological polar surface area (TPSA) is 84.9 Å². The van der Waals surface area contributed by atoms with Crippen LogP contribution >= 0.6 is 0 Å². The standard InChI is InChI=1S/C25H36N2O5/c1-25(2,3)32-24(30)27-15-13-18(14-16-27)17-5-7-19(8-6-17)22(28)26-21-11-9-20(10-12-21)23(29)31-4/h5-8,18,20-21H,9-16H2,1-4H3,(H,26,28). The summed E-state index contributed by atoms with van der Waals surface area (Å²) in [5.74, 6) is 0.105. The molecule has 2 amide bonds. The number of nitrogens with zero attached hydrogens (tertiary/aromatic N) is 1. The number of rotatable bonds is 4. The third-order valence-electron chi connectivity index (χ3n) is 6.39. The molecule has 0 bridgehead atoms. The van der Waals surface area contributed by atoms with Gasteiger partial charge in [-0.1, -0.05) is 12.1 Å². The molecule has 0 atom stereocenters. The van der Waals surface area contributed by atoms with Gasteiger partial charge in [0.15, 0.2) is 0 Å². The first-order valence-corrected chi connectivity index (χ1v) is 11.6. The SMILES string of the molecule is COC(=O)C1CCC(NC(=O)c2ccc(C3CCN(C(=O)OC(C)(C)C)CC3)cc2)CC1. The van der Waals surface area contributed by atoms with Gasteiger partial charge in [-0.3, -0.25) is 9.59 Å². The lowest BCUT2D eigenvalue weighted by Crippen LogP contribution is -2.41. The summed E-state index contributed by atoms with van der Waals surface area (Å²) >= 11 is 0. The summed E-state index contributed by atoms with van der Waals surface area (Å²) in [4.78, 5) is 38.3. The van der Waals surface area contributed by atoms with Crippen LogP contribution in [0.5, 0.6) is 0 Å². The fraction of sp³-hybridized carbons (Fsp3) is 0.640. The van der Waals surface area contributed by atoms with Gasteiger partial charge in [-0.25, -0.2) is 4.79 Å². The highest BCUT2D eigenvalue weighted by molar-refractivity contribution is 5.94. The molecule has 7 nitrogen and oxygen atoms in total. The average Bonchev–Trinajstić information content (AvgIpc) is 2.78. The molecule has 1 aliphatic carbocycles. The number of carbonyl (C=O) groups excluding carboxylic acids is 3. The van der Waals surface area contributed by atoms with Crippen LogP contribution in [0.1, 0.15) is 81.1 Å². The molecule has 1 aromatic carbocycles. The van der Waals surface area contributed by atoms with Gasteiger partial charge in [-0.2, -0.15) is 0 Å². The Morgan fingerprint density at radius 3 is 2.06 bits per heavy atom. The largest absolute Gasteiger partial charge is 0.469 e. The van der Waals surface area contributed by atoms with Gasteiger partial charge >= 0.3 is 12.1 Å². The summed E-state index contributed by atoms with van der Waals surface area (Å²) in [5.41, 5.74) is 1.37. The Hall–Kier alpha value is -2.57. The van der Waals surface area contributed by atoms with Gasteiger partial charge in [0.25, 0.3) is 5.91 Å². The number of hydrogen-bond donors (Lipinski definition) is 1. The van der Waals surface area contributed by atoms with Crippen LogP contribution in [0.25, 0.3) is 0 Å². The lowest BCUT2D eigenvalue weighted by Gasteiger charge is -2.33. The van der Waals surface area contributed by atoms with E-state index in [1.165, 1.54) is 12.7 Å². The van der Waals surface area contributed by atoms with Gasteiger partial charge in [0.05, 0.1) is 13.0 Å². The number of piperidine rings is 1. The van der Waals surface area contributed by atoms with Crippen LogP contribution in [0, 0.1) is 5.92 Å². The molecule has 2 fully saturated rings. The molecule has 32 heavy (non-hydrogen) atoms. The Balaban J connectivity index is 1.47. The second kappa shape index (κ2) is 10.4. The van der Waals surface area contributed by atoms with Crippen LogP contribution in [-0.2, 0) is 14.3 Å². The summed E-state index contributed by atoms with van der Waals surface area (Å²) in [6.07, 6.45) is 4.60. The van der Waals surface area contributed by atoms with E-state index in [2.05, 4.69) is 5.32 Å². The van der Waals surface area contributed by atoms with E-state index in [1.807, 2.05) is 45.0 Å². The van der Waals surface area contributed by atoms with Crippen molar-refractivity contribution in [2.45, 2.75) is 76.9 Å². The lowest BCUT2D eigenvalue weighted by molar-refractivity contribution is -0.146. The molecule has 1 saturated carbocycles. The van der Waals surface area contributed by atoms with Crippen molar-refractivity contribution in [1.82, 2.24) is 10.2 Å². The number of nitrogens with one attached hydrogen (secondary N) is 1. The molecule has 1 aliphatic heterocycles. The zero-order chi connectivity index (χ0) is 23.3. The van der Waals surface area contributed by atoms with Gasteiger partial charge in [-0.05, 0) is 82.9 Å². The smallest absolute Gasteiger partial charge is 0.410 e.